The van der Waals surface area contributed by atoms with Crippen molar-refractivity contribution in [3.05, 3.63) is 30.1 Å². The van der Waals surface area contributed by atoms with E-state index in [0.29, 0.717) is 12.5 Å². The van der Waals surface area contributed by atoms with Crippen LogP contribution in [0.15, 0.2) is 28.8 Å². The van der Waals surface area contributed by atoms with Crippen molar-refractivity contribution in [2.75, 3.05) is 13.2 Å². The van der Waals surface area contributed by atoms with E-state index in [2.05, 4.69) is 22.4 Å². The summed E-state index contributed by atoms with van der Waals surface area (Å²) in [7, 11) is 0. The Morgan fingerprint density at radius 1 is 1.38 bits per heavy atom. The number of ether oxygens (including phenoxy) is 1. The van der Waals surface area contributed by atoms with Gasteiger partial charge in [-0.05, 0) is 44.0 Å². The molecule has 1 aliphatic heterocycles. The second-order valence-electron chi connectivity index (χ2n) is 5.34. The first-order chi connectivity index (χ1) is 10.4. The van der Waals surface area contributed by atoms with Gasteiger partial charge in [0.1, 0.15) is 5.75 Å². The SMILES string of the molecule is CCCOc1cccc(-c2nc(C3CCCCN3)no2)c1. The van der Waals surface area contributed by atoms with Gasteiger partial charge in [-0.15, -0.1) is 0 Å². The number of hydrogen-bond donors (Lipinski definition) is 1. The molecule has 0 bridgehead atoms. The van der Waals surface area contributed by atoms with Crippen LogP contribution in [0.4, 0.5) is 0 Å². The van der Waals surface area contributed by atoms with Crippen LogP contribution in [0.2, 0.25) is 0 Å². The lowest BCUT2D eigenvalue weighted by molar-refractivity contribution is 0.317. The molecule has 2 heterocycles. The quantitative estimate of drug-likeness (QED) is 0.914. The summed E-state index contributed by atoms with van der Waals surface area (Å²) in [5, 5.41) is 7.55. The van der Waals surface area contributed by atoms with E-state index in [1.54, 1.807) is 0 Å². The zero-order valence-corrected chi connectivity index (χ0v) is 12.3. The number of aromatic nitrogens is 2. The number of rotatable bonds is 5. The maximum absolute atomic E-state index is 5.64. The van der Waals surface area contributed by atoms with Crippen molar-refractivity contribution < 1.29 is 9.26 Å². The molecule has 5 nitrogen and oxygen atoms in total. The Bertz CT molecular complexity index is 576. The predicted octanol–water partition coefficient (Wildman–Crippen LogP) is 3.34. The molecule has 1 atom stereocenters. The van der Waals surface area contributed by atoms with Crippen molar-refractivity contribution in [1.82, 2.24) is 15.5 Å². The van der Waals surface area contributed by atoms with E-state index in [1.165, 1.54) is 12.8 Å². The van der Waals surface area contributed by atoms with E-state index in [4.69, 9.17) is 9.26 Å². The van der Waals surface area contributed by atoms with Gasteiger partial charge in [-0.3, -0.25) is 0 Å². The first-order valence-corrected chi connectivity index (χ1v) is 7.67. The van der Waals surface area contributed by atoms with Crippen LogP contribution in [0.3, 0.4) is 0 Å². The van der Waals surface area contributed by atoms with Gasteiger partial charge < -0.3 is 14.6 Å². The van der Waals surface area contributed by atoms with Crippen molar-refractivity contribution in [3.8, 4) is 17.2 Å². The summed E-state index contributed by atoms with van der Waals surface area (Å²) in [5.41, 5.74) is 0.901. The highest BCUT2D eigenvalue weighted by atomic mass is 16.5. The summed E-state index contributed by atoms with van der Waals surface area (Å²) in [4.78, 5) is 4.53. The summed E-state index contributed by atoms with van der Waals surface area (Å²) in [5.74, 6) is 2.15. The second-order valence-corrected chi connectivity index (χ2v) is 5.34. The van der Waals surface area contributed by atoms with Gasteiger partial charge in [0.15, 0.2) is 5.82 Å². The number of piperidine rings is 1. The molecule has 0 spiro atoms. The summed E-state index contributed by atoms with van der Waals surface area (Å²) in [6.45, 7) is 3.82. The molecule has 1 saturated heterocycles. The molecule has 1 N–H and O–H groups in total. The van der Waals surface area contributed by atoms with Crippen molar-refractivity contribution in [2.45, 2.75) is 38.6 Å². The van der Waals surface area contributed by atoms with Crippen molar-refractivity contribution in [2.24, 2.45) is 0 Å². The number of hydrogen-bond acceptors (Lipinski definition) is 5. The molecule has 0 saturated carbocycles. The maximum atomic E-state index is 5.64. The molecule has 2 aromatic rings. The van der Waals surface area contributed by atoms with Crippen molar-refractivity contribution in [1.29, 1.82) is 0 Å². The third-order valence-electron chi connectivity index (χ3n) is 3.62. The highest BCUT2D eigenvalue weighted by Gasteiger charge is 2.20. The molecule has 1 unspecified atom stereocenters. The highest BCUT2D eigenvalue weighted by molar-refractivity contribution is 5.55. The Balaban J connectivity index is 1.76. The molecule has 1 aromatic carbocycles. The van der Waals surface area contributed by atoms with Crippen LogP contribution in [-0.4, -0.2) is 23.3 Å². The number of benzene rings is 1. The molecule has 0 aliphatic carbocycles. The molecule has 1 aromatic heterocycles. The molecule has 21 heavy (non-hydrogen) atoms. The topological polar surface area (TPSA) is 60.2 Å². The van der Waals surface area contributed by atoms with Gasteiger partial charge >= 0.3 is 0 Å². The normalized spacial score (nSPS) is 18.6. The lowest BCUT2D eigenvalue weighted by Gasteiger charge is -2.19. The van der Waals surface area contributed by atoms with E-state index >= 15 is 0 Å². The molecule has 1 fully saturated rings. The molecule has 1 aliphatic rings. The first-order valence-electron chi connectivity index (χ1n) is 7.67. The van der Waals surface area contributed by atoms with Gasteiger partial charge in [0.05, 0.1) is 12.6 Å². The Hall–Kier alpha value is -1.88. The standard InChI is InChI=1S/C16H21N3O2/c1-2-10-20-13-7-5-6-12(11-13)16-18-15(19-21-16)14-8-3-4-9-17-14/h5-7,11,14,17H,2-4,8-10H2,1H3. The third-order valence-corrected chi connectivity index (χ3v) is 3.62. The smallest absolute Gasteiger partial charge is 0.258 e. The van der Waals surface area contributed by atoms with E-state index in [0.717, 1.165) is 36.5 Å². The van der Waals surface area contributed by atoms with Crippen LogP contribution in [-0.2, 0) is 0 Å². The largest absolute Gasteiger partial charge is 0.494 e. The average Bonchev–Trinajstić information content (AvgIpc) is 3.04. The van der Waals surface area contributed by atoms with Crippen molar-refractivity contribution >= 4 is 0 Å². The van der Waals surface area contributed by atoms with Gasteiger partial charge in [0.25, 0.3) is 5.89 Å². The number of nitrogens with one attached hydrogen (secondary N) is 1. The van der Waals surface area contributed by atoms with Crippen LogP contribution in [0, 0.1) is 0 Å². The van der Waals surface area contributed by atoms with Crippen LogP contribution >= 0.6 is 0 Å². The average molecular weight is 287 g/mol. The van der Waals surface area contributed by atoms with Gasteiger partial charge in [0, 0.05) is 5.56 Å². The molecular weight excluding hydrogens is 266 g/mol. The second kappa shape index (κ2) is 6.72. The zero-order valence-electron chi connectivity index (χ0n) is 12.3. The lowest BCUT2D eigenvalue weighted by Crippen LogP contribution is -2.27. The minimum absolute atomic E-state index is 0.218. The lowest BCUT2D eigenvalue weighted by atomic mass is 10.0. The fraction of sp³-hybridized carbons (Fsp3) is 0.500. The molecule has 0 amide bonds. The van der Waals surface area contributed by atoms with E-state index in [-0.39, 0.29) is 6.04 Å². The third kappa shape index (κ3) is 3.42. The van der Waals surface area contributed by atoms with Gasteiger partial charge in [-0.25, -0.2) is 0 Å². The van der Waals surface area contributed by atoms with E-state index in [1.807, 2.05) is 24.3 Å². The predicted molar refractivity (Wildman–Crippen MR) is 80.1 cm³/mol. The minimum atomic E-state index is 0.218. The maximum Gasteiger partial charge on any atom is 0.258 e. The Labute approximate surface area is 124 Å². The molecule has 5 heteroatoms. The minimum Gasteiger partial charge on any atom is -0.494 e. The highest BCUT2D eigenvalue weighted by Crippen LogP contribution is 2.26. The Morgan fingerprint density at radius 3 is 3.14 bits per heavy atom. The van der Waals surface area contributed by atoms with Crippen LogP contribution in [0.25, 0.3) is 11.5 Å². The molecule has 0 radical (unpaired) electrons. The van der Waals surface area contributed by atoms with E-state index in [9.17, 15) is 0 Å². The first kappa shape index (κ1) is 14.1. The fourth-order valence-electron chi connectivity index (χ4n) is 2.50. The Kier molecular flexibility index (Phi) is 4.50. The molecule has 112 valence electrons. The summed E-state index contributed by atoms with van der Waals surface area (Å²) in [6.07, 6.45) is 4.49. The molecular formula is C16H21N3O2. The zero-order chi connectivity index (χ0) is 14.5. The Morgan fingerprint density at radius 2 is 2.33 bits per heavy atom. The van der Waals surface area contributed by atoms with Gasteiger partial charge in [-0.2, -0.15) is 4.98 Å². The van der Waals surface area contributed by atoms with Gasteiger partial charge in [0.2, 0.25) is 0 Å². The molecule has 3 rings (SSSR count). The van der Waals surface area contributed by atoms with Crippen LogP contribution < -0.4 is 10.1 Å². The van der Waals surface area contributed by atoms with E-state index < -0.39 is 0 Å². The monoisotopic (exact) mass is 287 g/mol. The number of nitrogens with zero attached hydrogens (tertiary/aromatic N) is 2. The van der Waals surface area contributed by atoms with Crippen molar-refractivity contribution in [3.63, 3.8) is 0 Å². The van der Waals surface area contributed by atoms with Gasteiger partial charge in [-0.1, -0.05) is 24.6 Å². The van der Waals surface area contributed by atoms with Crippen LogP contribution in [0.5, 0.6) is 5.75 Å². The summed E-state index contributed by atoms with van der Waals surface area (Å²) < 4.78 is 11.0. The summed E-state index contributed by atoms with van der Waals surface area (Å²) >= 11 is 0. The summed E-state index contributed by atoms with van der Waals surface area (Å²) in [6, 6.07) is 8.02. The fourth-order valence-corrected chi connectivity index (χ4v) is 2.50. The van der Waals surface area contributed by atoms with Crippen LogP contribution in [0.1, 0.15) is 44.5 Å².